The minimum atomic E-state index is -3.78. The molecule has 0 radical (unpaired) electrons. The largest absolute Gasteiger partial charge is 0.586 e. The number of hydrogen-bond donors (Lipinski definition) is 0. The molecule has 3 heterocycles. The van der Waals surface area contributed by atoms with E-state index >= 15 is 0 Å². The number of fused-ring (bicyclic) bond motifs is 2. The first-order valence-electron chi connectivity index (χ1n) is 12.5. The van der Waals surface area contributed by atoms with Gasteiger partial charge in [0.05, 0.1) is 23.1 Å². The van der Waals surface area contributed by atoms with E-state index in [0.29, 0.717) is 40.9 Å². The molecule has 1 aliphatic heterocycles. The maximum Gasteiger partial charge on any atom is 0.586 e. The molecule has 5 rings (SSSR count). The molecule has 208 valence electrons. The first kappa shape index (κ1) is 27.0. The van der Waals surface area contributed by atoms with Gasteiger partial charge in [0.2, 0.25) is 5.91 Å². The molecule has 0 fully saturated rings. The van der Waals surface area contributed by atoms with E-state index in [-0.39, 0.29) is 31.2 Å². The molecule has 4 aromatic rings. The van der Waals surface area contributed by atoms with E-state index in [4.69, 9.17) is 9.47 Å². The second kappa shape index (κ2) is 11.3. The van der Waals surface area contributed by atoms with Crippen molar-refractivity contribution in [2.24, 2.45) is 0 Å². The Morgan fingerprint density at radius 1 is 1.10 bits per heavy atom. The second-order valence-electron chi connectivity index (χ2n) is 8.90. The quantitative estimate of drug-likeness (QED) is 0.274. The minimum Gasteiger partial charge on any atom is -0.490 e. The SMILES string of the molecule is CCN(C(=O)Cn1nc(Cc2cccnc2)c2c(OCCOC)cccc2c1=O)c1ccc2c(c1)OC(F)(F)O2. The van der Waals surface area contributed by atoms with E-state index in [9.17, 15) is 18.4 Å². The van der Waals surface area contributed by atoms with Gasteiger partial charge in [-0.2, -0.15) is 5.10 Å². The smallest absolute Gasteiger partial charge is 0.490 e. The van der Waals surface area contributed by atoms with Crippen molar-refractivity contribution in [1.29, 1.82) is 0 Å². The van der Waals surface area contributed by atoms with Crippen molar-refractivity contribution in [3.8, 4) is 17.2 Å². The Labute approximate surface area is 227 Å². The van der Waals surface area contributed by atoms with Crippen LogP contribution in [0.5, 0.6) is 17.2 Å². The molecule has 2 aromatic heterocycles. The van der Waals surface area contributed by atoms with Crippen molar-refractivity contribution >= 4 is 22.4 Å². The number of anilines is 1. The van der Waals surface area contributed by atoms with Crippen molar-refractivity contribution < 1.29 is 32.5 Å². The maximum atomic E-state index is 13.5. The fourth-order valence-corrected chi connectivity index (χ4v) is 4.49. The lowest BCUT2D eigenvalue weighted by Crippen LogP contribution is -2.37. The molecule has 0 aliphatic carbocycles. The number of halogens is 2. The number of carbonyl (C=O) groups excluding carboxylic acids is 1. The molecule has 1 aliphatic rings. The molecule has 0 atom stereocenters. The Bertz CT molecular complexity index is 1600. The summed E-state index contributed by atoms with van der Waals surface area (Å²) >= 11 is 0. The fraction of sp³-hybridized carbons (Fsp3) is 0.286. The van der Waals surface area contributed by atoms with Gasteiger partial charge in [0.25, 0.3) is 5.56 Å². The van der Waals surface area contributed by atoms with Gasteiger partial charge in [-0.25, -0.2) is 4.68 Å². The molecule has 1 amide bonds. The highest BCUT2D eigenvalue weighted by molar-refractivity contribution is 5.94. The molecular weight excluding hydrogens is 526 g/mol. The summed E-state index contributed by atoms with van der Waals surface area (Å²) in [6.07, 6.45) is -0.0898. The van der Waals surface area contributed by atoms with Crippen molar-refractivity contribution in [2.75, 3.05) is 31.8 Å². The monoisotopic (exact) mass is 552 g/mol. The van der Waals surface area contributed by atoms with E-state index in [0.717, 1.165) is 10.2 Å². The number of rotatable bonds is 10. The lowest BCUT2D eigenvalue weighted by Gasteiger charge is -2.22. The number of pyridine rings is 1. The summed E-state index contributed by atoms with van der Waals surface area (Å²) in [5, 5.41) is 5.47. The van der Waals surface area contributed by atoms with Crippen LogP contribution in [0.3, 0.4) is 0 Å². The number of aromatic nitrogens is 3. The van der Waals surface area contributed by atoms with Crippen LogP contribution in [-0.2, 0) is 22.5 Å². The van der Waals surface area contributed by atoms with Gasteiger partial charge in [0, 0.05) is 44.2 Å². The van der Waals surface area contributed by atoms with Crippen LogP contribution in [0.1, 0.15) is 18.2 Å². The summed E-state index contributed by atoms with van der Waals surface area (Å²) in [4.78, 5) is 32.5. The minimum absolute atomic E-state index is 0.131. The number of hydrogen-bond acceptors (Lipinski definition) is 8. The summed E-state index contributed by atoms with van der Waals surface area (Å²) in [5.41, 5.74) is 1.21. The van der Waals surface area contributed by atoms with Gasteiger partial charge in [-0.15, -0.1) is 8.78 Å². The van der Waals surface area contributed by atoms with Gasteiger partial charge in [-0.3, -0.25) is 14.6 Å². The third kappa shape index (κ3) is 5.57. The molecule has 10 nitrogen and oxygen atoms in total. The zero-order valence-corrected chi connectivity index (χ0v) is 21.8. The van der Waals surface area contributed by atoms with Crippen molar-refractivity contribution in [2.45, 2.75) is 26.2 Å². The van der Waals surface area contributed by atoms with E-state index in [1.807, 2.05) is 6.07 Å². The van der Waals surface area contributed by atoms with Crippen LogP contribution in [0.4, 0.5) is 14.5 Å². The van der Waals surface area contributed by atoms with Crippen LogP contribution in [0.25, 0.3) is 10.8 Å². The van der Waals surface area contributed by atoms with Gasteiger partial charge in [0.1, 0.15) is 18.9 Å². The summed E-state index contributed by atoms with van der Waals surface area (Å²) in [5.74, 6) is -0.312. The zero-order chi connectivity index (χ0) is 28.3. The molecular formula is C28H26F2N4O6. The molecule has 0 spiro atoms. The normalized spacial score (nSPS) is 13.4. The van der Waals surface area contributed by atoms with Crippen LogP contribution in [-0.4, -0.2) is 53.8 Å². The molecule has 40 heavy (non-hydrogen) atoms. The molecule has 2 aromatic carbocycles. The first-order valence-corrected chi connectivity index (χ1v) is 12.5. The number of nitrogens with zero attached hydrogens (tertiary/aromatic N) is 4. The Hall–Kier alpha value is -4.58. The zero-order valence-electron chi connectivity index (χ0n) is 21.8. The summed E-state index contributed by atoms with van der Waals surface area (Å²) < 4.78 is 48.0. The number of alkyl halides is 2. The second-order valence-corrected chi connectivity index (χ2v) is 8.90. The molecule has 0 saturated heterocycles. The highest BCUT2D eigenvalue weighted by atomic mass is 19.3. The standard InChI is InChI=1S/C28H26F2N4O6/c1-3-33(19-9-10-22-24(15-19)40-28(29,30)39-22)25(35)17-34-27(36)20-7-4-8-23(38-13-12-37-2)26(20)21(32-34)14-18-6-5-11-31-16-18/h4-11,15-16H,3,12-14,17H2,1-2H3. The van der Waals surface area contributed by atoms with Crippen LogP contribution >= 0.6 is 0 Å². The van der Waals surface area contributed by atoms with Gasteiger partial charge in [0.15, 0.2) is 11.5 Å². The number of ether oxygens (including phenoxy) is 4. The van der Waals surface area contributed by atoms with E-state index in [1.54, 1.807) is 50.7 Å². The lowest BCUT2D eigenvalue weighted by molar-refractivity contribution is -0.286. The lowest BCUT2D eigenvalue weighted by atomic mass is 10.0. The van der Waals surface area contributed by atoms with E-state index in [1.165, 1.54) is 23.1 Å². The maximum absolute atomic E-state index is 13.5. The first-order chi connectivity index (χ1) is 19.3. The van der Waals surface area contributed by atoms with Gasteiger partial charge in [-0.05, 0) is 42.8 Å². The van der Waals surface area contributed by atoms with Crippen molar-refractivity contribution in [3.63, 3.8) is 0 Å². The number of benzene rings is 2. The Morgan fingerprint density at radius 2 is 1.93 bits per heavy atom. The molecule has 12 heteroatoms. The summed E-state index contributed by atoms with van der Waals surface area (Å²) in [7, 11) is 1.57. The third-order valence-corrected chi connectivity index (χ3v) is 6.26. The highest BCUT2D eigenvalue weighted by Crippen LogP contribution is 2.42. The number of methoxy groups -OCH3 is 1. The van der Waals surface area contributed by atoms with E-state index < -0.39 is 17.8 Å². The van der Waals surface area contributed by atoms with Gasteiger partial charge < -0.3 is 23.8 Å². The predicted octanol–water partition coefficient (Wildman–Crippen LogP) is 3.78. The fourth-order valence-electron chi connectivity index (χ4n) is 4.49. The number of amides is 1. The van der Waals surface area contributed by atoms with E-state index in [2.05, 4.69) is 19.6 Å². The van der Waals surface area contributed by atoms with Gasteiger partial charge >= 0.3 is 6.29 Å². The number of carbonyl (C=O) groups is 1. The van der Waals surface area contributed by atoms with Crippen LogP contribution in [0, 0.1) is 0 Å². The summed E-state index contributed by atoms with van der Waals surface area (Å²) in [6.45, 7) is 2.18. The summed E-state index contributed by atoms with van der Waals surface area (Å²) in [6, 6.07) is 12.9. The highest BCUT2D eigenvalue weighted by Gasteiger charge is 2.43. The van der Waals surface area contributed by atoms with Crippen LogP contribution < -0.4 is 24.7 Å². The average Bonchev–Trinajstić information content (AvgIpc) is 3.25. The van der Waals surface area contributed by atoms with Crippen LogP contribution in [0.15, 0.2) is 65.7 Å². The Kier molecular flexibility index (Phi) is 7.60. The van der Waals surface area contributed by atoms with Crippen molar-refractivity contribution in [1.82, 2.24) is 14.8 Å². The Morgan fingerprint density at radius 3 is 2.67 bits per heavy atom. The molecule has 0 saturated carbocycles. The molecule has 0 bridgehead atoms. The topological polar surface area (TPSA) is 105 Å². The molecule has 0 N–H and O–H groups in total. The number of likely N-dealkylation sites (N-methyl/N-ethyl adjacent to an activating group) is 1. The average molecular weight is 553 g/mol. The Balaban J connectivity index is 1.51. The van der Waals surface area contributed by atoms with Crippen LogP contribution in [0.2, 0.25) is 0 Å². The van der Waals surface area contributed by atoms with Gasteiger partial charge in [-0.1, -0.05) is 12.1 Å². The third-order valence-electron chi connectivity index (χ3n) is 6.26. The molecule has 0 unspecified atom stereocenters. The van der Waals surface area contributed by atoms with Crippen molar-refractivity contribution in [3.05, 3.63) is 82.5 Å². The predicted molar refractivity (Wildman–Crippen MR) is 141 cm³/mol.